The van der Waals surface area contributed by atoms with Gasteiger partial charge in [-0.3, -0.25) is 19.7 Å². The van der Waals surface area contributed by atoms with Crippen LogP contribution in [0.2, 0.25) is 5.02 Å². The maximum atomic E-state index is 13.0. The lowest BCUT2D eigenvalue weighted by atomic mass is 9.81. The maximum Gasteiger partial charge on any atom is 0.416 e. The van der Waals surface area contributed by atoms with Crippen LogP contribution in [-0.2, 0) is 20.6 Å². The molecule has 2 saturated heterocycles. The molecule has 4 unspecified atom stereocenters. The summed E-state index contributed by atoms with van der Waals surface area (Å²) >= 11 is 6.18. The molecule has 2 fully saturated rings. The number of fused-ring (bicyclic) bond motifs is 1. The molecule has 2 heterocycles. The van der Waals surface area contributed by atoms with Crippen molar-refractivity contribution in [3.63, 3.8) is 0 Å². The minimum absolute atomic E-state index is 0.108. The van der Waals surface area contributed by atoms with Crippen molar-refractivity contribution in [2.24, 2.45) is 11.8 Å². The first-order chi connectivity index (χ1) is 16.0. The lowest BCUT2D eigenvalue weighted by Crippen LogP contribution is -2.72. The highest BCUT2D eigenvalue weighted by Crippen LogP contribution is 2.32. The molecule has 4 rings (SSSR count). The summed E-state index contributed by atoms with van der Waals surface area (Å²) in [6.45, 7) is 1.84. The molecule has 0 spiro atoms. The van der Waals surface area contributed by atoms with Gasteiger partial charge < -0.3 is 21.3 Å². The second-order valence-electron chi connectivity index (χ2n) is 8.19. The topological polar surface area (TPSA) is 111 Å². The Hall–Kier alpha value is -3.31. The van der Waals surface area contributed by atoms with E-state index in [1.165, 1.54) is 12.1 Å². The van der Waals surface area contributed by atoms with E-state index in [0.717, 1.165) is 17.7 Å². The average molecular weight is 496 g/mol. The zero-order valence-electron chi connectivity index (χ0n) is 17.8. The third kappa shape index (κ3) is 5.10. The molecular weight excluding hydrogens is 475 g/mol. The van der Waals surface area contributed by atoms with Crippen LogP contribution in [0.4, 0.5) is 24.5 Å². The fourth-order valence-electron chi connectivity index (χ4n) is 4.05. The summed E-state index contributed by atoms with van der Waals surface area (Å²) in [6, 6.07) is 9.54. The van der Waals surface area contributed by atoms with Gasteiger partial charge in [-0.15, -0.1) is 0 Å². The Balaban J connectivity index is 1.49. The van der Waals surface area contributed by atoms with Crippen LogP contribution in [0.15, 0.2) is 42.5 Å². The van der Waals surface area contributed by atoms with Crippen LogP contribution < -0.4 is 26.6 Å². The van der Waals surface area contributed by atoms with E-state index in [-0.39, 0.29) is 12.1 Å². The highest BCUT2D eigenvalue weighted by Gasteiger charge is 2.48. The van der Waals surface area contributed by atoms with Crippen LogP contribution in [-0.4, -0.2) is 30.2 Å². The summed E-state index contributed by atoms with van der Waals surface area (Å²) in [5, 5.41) is 13.9. The van der Waals surface area contributed by atoms with Gasteiger partial charge in [-0.05, 0) is 42.8 Å². The van der Waals surface area contributed by atoms with E-state index in [1.807, 2.05) is 6.92 Å². The van der Waals surface area contributed by atoms with Gasteiger partial charge in [0.1, 0.15) is 0 Å². The first kappa shape index (κ1) is 23.8. The predicted octanol–water partition coefficient (Wildman–Crippen LogP) is 2.80. The molecule has 12 heteroatoms. The van der Waals surface area contributed by atoms with Gasteiger partial charge in [0.15, 0.2) is 6.29 Å². The summed E-state index contributed by atoms with van der Waals surface area (Å²) in [5.74, 6) is -3.46. The normalized spacial score (nSPS) is 24.5. The van der Waals surface area contributed by atoms with Crippen molar-refractivity contribution in [3.05, 3.63) is 58.6 Å². The highest BCUT2D eigenvalue weighted by molar-refractivity contribution is 6.33. The van der Waals surface area contributed by atoms with E-state index < -0.39 is 53.8 Å². The van der Waals surface area contributed by atoms with Crippen LogP contribution in [0.5, 0.6) is 0 Å². The van der Waals surface area contributed by atoms with Crippen LogP contribution in [0.1, 0.15) is 17.5 Å². The number of aryl methyl sites for hydroxylation is 1. The first-order valence-corrected chi connectivity index (χ1v) is 10.8. The Morgan fingerprint density at radius 2 is 1.88 bits per heavy atom. The van der Waals surface area contributed by atoms with Crippen molar-refractivity contribution in [1.82, 2.24) is 16.0 Å². The molecule has 3 amide bonds. The summed E-state index contributed by atoms with van der Waals surface area (Å²) in [6.07, 6.45) is -6.63. The van der Waals surface area contributed by atoms with E-state index in [9.17, 15) is 27.6 Å². The van der Waals surface area contributed by atoms with Gasteiger partial charge in [-0.2, -0.15) is 13.2 Å². The van der Waals surface area contributed by atoms with E-state index in [4.69, 9.17) is 11.6 Å². The Morgan fingerprint density at radius 1 is 1.12 bits per heavy atom. The third-order valence-electron chi connectivity index (χ3n) is 5.67. The fraction of sp³-hybridized carbons (Fsp3) is 0.318. The molecule has 0 bridgehead atoms. The van der Waals surface area contributed by atoms with Crippen molar-refractivity contribution < 1.29 is 27.6 Å². The molecule has 4 atom stereocenters. The molecule has 0 aromatic heterocycles. The molecule has 180 valence electrons. The van der Waals surface area contributed by atoms with Gasteiger partial charge in [0.25, 0.3) is 0 Å². The average Bonchev–Trinajstić information content (AvgIpc) is 2.74. The van der Waals surface area contributed by atoms with Gasteiger partial charge in [0, 0.05) is 12.1 Å². The number of benzene rings is 2. The van der Waals surface area contributed by atoms with Gasteiger partial charge in [0.2, 0.25) is 17.7 Å². The lowest BCUT2D eigenvalue weighted by Gasteiger charge is -2.43. The predicted molar refractivity (Wildman–Crippen MR) is 118 cm³/mol. The summed E-state index contributed by atoms with van der Waals surface area (Å²) < 4.78 is 39.0. The van der Waals surface area contributed by atoms with Crippen molar-refractivity contribution in [3.8, 4) is 0 Å². The number of alkyl halides is 3. The smallest absolute Gasteiger partial charge is 0.353 e. The first-order valence-electron chi connectivity index (χ1n) is 10.4. The van der Waals surface area contributed by atoms with Crippen LogP contribution >= 0.6 is 11.6 Å². The molecule has 0 aliphatic carbocycles. The van der Waals surface area contributed by atoms with Crippen molar-refractivity contribution in [1.29, 1.82) is 0 Å². The van der Waals surface area contributed by atoms with Gasteiger partial charge in [0.05, 0.1) is 34.3 Å². The minimum atomic E-state index is -4.52. The van der Waals surface area contributed by atoms with Gasteiger partial charge >= 0.3 is 6.18 Å². The van der Waals surface area contributed by atoms with Crippen molar-refractivity contribution in [2.75, 3.05) is 10.6 Å². The number of amides is 3. The van der Waals surface area contributed by atoms with Crippen LogP contribution in [0, 0.1) is 18.8 Å². The number of hydrogen-bond donors (Lipinski definition) is 5. The van der Waals surface area contributed by atoms with Crippen molar-refractivity contribution in [2.45, 2.75) is 32.0 Å². The zero-order valence-corrected chi connectivity index (χ0v) is 18.6. The van der Waals surface area contributed by atoms with Crippen LogP contribution in [0.25, 0.3) is 0 Å². The van der Waals surface area contributed by atoms with Gasteiger partial charge in [-0.1, -0.05) is 23.7 Å². The molecule has 2 aliphatic heterocycles. The molecule has 0 radical (unpaired) electrons. The molecule has 2 aromatic carbocycles. The second kappa shape index (κ2) is 9.15. The third-order valence-corrected chi connectivity index (χ3v) is 5.98. The Bertz CT molecular complexity index is 1140. The number of hydrogen-bond acceptors (Lipinski definition) is 5. The molecule has 5 N–H and O–H groups in total. The number of nitrogens with one attached hydrogen (secondary N) is 5. The molecule has 2 aliphatic rings. The maximum absolute atomic E-state index is 13.0. The fourth-order valence-corrected chi connectivity index (χ4v) is 4.34. The molecule has 8 nitrogen and oxygen atoms in total. The lowest BCUT2D eigenvalue weighted by molar-refractivity contribution is -0.144. The standard InChI is InChI=1S/C22H21ClF3N5O3/c1-10-5-6-15(14(23)7-10)28-19(33)13-9-16(32)29-18-17(13)20(34)31-21(30-18)27-12-4-2-3-11(8-12)22(24,25)26/h2-8,13,17-18,21,27,30H,9H2,1H3,(H,28,33)(H,29,32)(H,31,34). The molecule has 2 aromatic rings. The largest absolute Gasteiger partial charge is 0.416 e. The number of rotatable bonds is 4. The molecular formula is C22H21ClF3N5O3. The van der Waals surface area contributed by atoms with E-state index in [2.05, 4.69) is 26.6 Å². The number of halogens is 4. The summed E-state index contributed by atoms with van der Waals surface area (Å²) in [5.41, 5.74) is 0.509. The quantitative estimate of drug-likeness (QED) is 0.448. The molecule has 0 saturated carbocycles. The summed E-state index contributed by atoms with van der Waals surface area (Å²) in [7, 11) is 0. The van der Waals surface area contributed by atoms with Crippen LogP contribution in [0.3, 0.4) is 0 Å². The summed E-state index contributed by atoms with van der Waals surface area (Å²) in [4.78, 5) is 38.2. The van der Waals surface area contributed by atoms with Gasteiger partial charge in [-0.25, -0.2) is 0 Å². The SMILES string of the molecule is Cc1ccc(NC(=O)C2CC(=O)NC3NC(Nc4cccc(C(F)(F)F)c4)NC(=O)C32)c(Cl)c1. The van der Waals surface area contributed by atoms with E-state index >= 15 is 0 Å². The number of carbonyl (C=O) groups is 3. The van der Waals surface area contributed by atoms with E-state index in [0.29, 0.717) is 10.7 Å². The molecule has 34 heavy (non-hydrogen) atoms. The number of carbonyl (C=O) groups excluding carboxylic acids is 3. The van der Waals surface area contributed by atoms with E-state index in [1.54, 1.807) is 18.2 Å². The second-order valence-corrected chi connectivity index (χ2v) is 8.59. The minimum Gasteiger partial charge on any atom is -0.353 e. The highest BCUT2D eigenvalue weighted by atomic mass is 35.5. The Kier molecular flexibility index (Phi) is 6.41. The van der Waals surface area contributed by atoms with Crippen molar-refractivity contribution >= 4 is 40.7 Å². The Morgan fingerprint density at radius 3 is 2.59 bits per heavy atom. The number of anilines is 2. The Labute approximate surface area is 197 Å². The monoisotopic (exact) mass is 495 g/mol. The number of piperidine rings is 1. The zero-order chi connectivity index (χ0) is 24.6.